The topological polar surface area (TPSA) is 53.4 Å². The van der Waals surface area contributed by atoms with Crippen molar-refractivity contribution < 1.29 is 9.90 Å². The van der Waals surface area contributed by atoms with E-state index >= 15 is 0 Å². The number of thiazole rings is 1. The van der Waals surface area contributed by atoms with Gasteiger partial charge in [-0.3, -0.25) is 0 Å². The Morgan fingerprint density at radius 3 is 2.74 bits per heavy atom. The van der Waals surface area contributed by atoms with Gasteiger partial charge in [0.15, 0.2) is 5.13 Å². The summed E-state index contributed by atoms with van der Waals surface area (Å²) in [5.74, 6) is -0.902. The summed E-state index contributed by atoms with van der Waals surface area (Å²) in [6.07, 6.45) is 0. The fourth-order valence-electron chi connectivity index (χ4n) is 1.74. The third-order valence-corrected chi connectivity index (χ3v) is 4.80. The van der Waals surface area contributed by atoms with Crippen molar-refractivity contribution in [3.05, 3.63) is 33.0 Å². The number of carboxylic acid groups (broad SMARTS) is 1. The van der Waals surface area contributed by atoms with Crippen molar-refractivity contribution >= 4 is 33.8 Å². The second kappa shape index (κ2) is 5.71. The molecule has 0 saturated carbocycles. The molecule has 0 aliphatic rings. The first-order valence-electron chi connectivity index (χ1n) is 5.98. The number of thiophene rings is 1. The zero-order valence-corrected chi connectivity index (χ0v) is 12.7. The van der Waals surface area contributed by atoms with Gasteiger partial charge in [0.25, 0.3) is 0 Å². The van der Waals surface area contributed by atoms with Gasteiger partial charge in [0.1, 0.15) is 4.88 Å². The van der Waals surface area contributed by atoms with E-state index in [1.807, 2.05) is 11.4 Å². The molecule has 0 atom stereocenters. The normalized spacial score (nSPS) is 10.9. The predicted octanol–water partition coefficient (Wildman–Crippen LogP) is 3.63. The number of nitrogens with zero attached hydrogens (tertiary/aromatic N) is 2. The van der Waals surface area contributed by atoms with Crippen molar-refractivity contribution in [2.45, 2.75) is 33.4 Å². The maximum Gasteiger partial charge on any atom is 0.347 e. The number of carbonyl (C=O) groups is 1. The van der Waals surface area contributed by atoms with Crippen LogP contribution in [0.4, 0.5) is 5.13 Å². The Balaban J connectivity index is 2.29. The summed E-state index contributed by atoms with van der Waals surface area (Å²) in [5.41, 5.74) is 0.587. The van der Waals surface area contributed by atoms with Gasteiger partial charge in [-0.25, -0.2) is 9.78 Å². The molecule has 4 nitrogen and oxygen atoms in total. The molecule has 0 amide bonds. The molecule has 2 rings (SSSR count). The number of hydrogen-bond acceptors (Lipinski definition) is 5. The number of aromatic nitrogens is 1. The average molecular weight is 296 g/mol. The van der Waals surface area contributed by atoms with Crippen LogP contribution in [-0.4, -0.2) is 22.1 Å². The molecule has 0 fully saturated rings. The van der Waals surface area contributed by atoms with Crippen LogP contribution in [0, 0.1) is 6.92 Å². The van der Waals surface area contributed by atoms with E-state index in [4.69, 9.17) is 5.11 Å². The Kier molecular flexibility index (Phi) is 4.21. The second-order valence-electron chi connectivity index (χ2n) is 4.52. The Bertz CT molecular complexity index is 561. The van der Waals surface area contributed by atoms with E-state index in [-0.39, 0.29) is 6.04 Å². The van der Waals surface area contributed by atoms with Crippen molar-refractivity contribution in [1.82, 2.24) is 4.98 Å². The maximum absolute atomic E-state index is 11.1. The molecular formula is C13H16N2O2S2. The molecule has 6 heteroatoms. The first-order valence-corrected chi connectivity index (χ1v) is 7.68. The van der Waals surface area contributed by atoms with Gasteiger partial charge in [-0.05, 0) is 32.2 Å². The van der Waals surface area contributed by atoms with Gasteiger partial charge >= 0.3 is 5.97 Å². The van der Waals surface area contributed by atoms with Gasteiger partial charge in [-0.1, -0.05) is 17.4 Å². The van der Waals surface area contributed by atoms with Crippen LogP contribution in [0.25, 0.3) is 0 Å². The van der Waals surface area contributed by atoms with Crippen LogP contribution in [0.1, 0.15) is 34.1 Å². The highest BCUT2D eigenvalue weighted by molar-refractivity contribution is 7.17. The summed E-state index contributed by atoms with van der Waals surface area (Å²) in [4.78, 5) is 19.2. The van der Waals surface area contributed by atoms with Gasteiger partial charge in [0, 0.05) is 10.9 Å². The first-order chi connectivity index (χ1) is 8.99. The van der Waals surface area contributed by atoms with Crippen molar-refractivity contribution in [3.8, 4) is 0 Å². The van der Waals surface area contributed by atoms with Crippen LogP contribution in [0.2, 0.25) is 0 Å². The van der Waals surface area contributed by atoms with Crippen molar-refractivity contribution in [3.63, 3.8) is 0 Å². The molecule has 102 valence electrons. The molecule has 0 aromatic carbocycles. The minimum absolute atomic E-state index is 0.272. The van der Waals surface area contributed by atoms with Crippen LogP contribution in [0.3, 0.4) is 0 Å². The number of carboxylic acids is 1. The number of rotatable bonds is 5. The lowest BCUT2D eigenvalue weighted by molar-refractivity contribution is 0.0701. The molecule has 2 aromatic rings. The Hall–Kier alpha value is -1.40. The molecule has 0 radical (unpaired) electrons. The fraction of sp³-hybridized carbons (Fsp3) is 0.385. The van der Waals surface area contributed by atoms with E-state index in [0.29, 0.717) is 10.6 Å². The van der Waals surface area contributed by atoms with E-state index < -0.39 is 5.97 Å². The minimum atomic E-state index is -0.902. The quantitative estimate of drug-likeness (QED) is 0.915. The lowest BCUT2D eigenvalue weighted by Gasteiger charge is -2.25. The summed E-state index contributed by atoms with van der Waals surface area (Å²) >= 11 is 2.95. The third kappa shape index (κ3) is 3.13. The Labute approximate surface area is 120 Å². The standard InChI is InChI=1S/C13H16N2O2S2/c1-8(2)15(7-10-5-4-6-18-10)13-14-9(3)11(19-13)12(16)17/h4-6,8H,7H2,1-3H3,(H,16,17). The molecule has 2 aromatic heterocycles. The SMILES string of the molecule is Cc1nc(N(Cc2cccs2)C(C)C)sc1C(=O)O. The molecule has 19 heavy (non-hydrogen) atoms. The van der Waals surface area contributed by atoms with Crippen LogP contribution in [0.15, 0.2) is 17.5 Å². The van der Waals surface area contributed by atoms with Crippen LogP contribution in [-0.2, 0) is 6.54 Å². The minimum Gasteiger partial charge on any atom is -0.477 e. The molecular weight excluding hydrogens is 280 g/mol. The van der Waals surface area contributed by atoms with Gasteiger partial charge in [0.05, 0.1) is 12.2 Å². The highest BCUT2D eigenvalue weighted by Gasteiger charge is 2.20. The summed E-state index contributed by atoms with van der Waals surface area (Å²) in [5, 5.41) is 11.9. The molecule has 1 N–H and O–H groups in total. The lowest BCUT2D eigenvalue weighted by atomic mass is 10.3. The largest absolute Gasteiger partial charge is 0.477 e. The Morgan fingerprint density at radius 1 is 1.53 bits per heavy atom. The smallest absolute Gasteiger partial charge is 0.347 e. The highest BCUT2D eigenvalue weighted by Crippen LogP contribution is 2.29. The van der Waals surface area contributed by atoms with E-state index in [1.54, 1.807) is 18.3 Å². The fourth-order valence-corrected chi connectivity index (χ4v) is 3.49. The number of hydrogen-bond donors (Lipinski definition) is 1. The molecule has 0 aliphatic heterocycles. The number of anilines is 1. The molecule has 0 bridgehead atoms. The molecule has 0 spiro atoms. The highest BCUT2D eigenvalue weighted by atomic mass is 32.1. The summed E-state index contributed by atoms with van der Waals surface area (Å²) in [7, 11) is 0. The van der Waals surface area contributed by atoms with E-state index in [1.165, 1.54) is 16.2 Å². The third-order valence-electron chi connectivity index (χ3n) is 2.75. The zero-order chi connectivity index (χ0) is 14.0. The molecule has 2 heterocycles. The summed E-state index contributed by atoms with van der Waals surface area (Å²) in [6, 6.07) is 4.38. The number of aryl methyl sites for hydroxylation is 1. The van der Waals surface area contributed by atoms with Gasteiger partial charge < -0.3 is 10.0 Å². The average Bonchev–Trinajstić information content (AvgIpc) is 2.94. The van der Waals surface area contributed by atoms with Gasteiger partial charge in [0.2, 0.25) is 0 Å². The monoisotopic (exact) mass is 296 g/mol. The van der Waals surface area contributed by atoms with Crippen molar-refractivity contribution in [2.75, 3.05) is 4.90 Å². The van der Waals surface area contributed by atoms with Crippen LogP contribution in [0.5, 0.6) is 0 Å². The molecule has 0 aliphatic carbocycles. The van der Waals surface area contributed by atoms with Gasteiger partial charge in [-0.2, -0.15) is 0 Å². The van der Waals surface area contributed by atoms with Crippen LogP contribution < -0.4 is 4.90 Å². The summed E-state index contributed by atoms with van der Waals surface area (Å²) < 4.78 is 0. The molecule has 0 saturated heterocycles. The zero-order valence-electron chi connectivity index (χ0n) is 11.1. The van der Waals surface area contributed by atoms with E-state index in [0.717, 1.165) is 11.7 Å². The van der Waals surface area contributed by atoms with Crippen LogP contribution >= 0.6 is 22.7 Å². The first kappa shape index (κ1) is 14.0. The molecule has 0 unspecified atom stereocenters. The Morgan fingerprint density at radius 2 is 2.26 bits per heavy atom. The van der Waals surface area contributed by atoms with Gasteiger partial charge in [-0.15, -0.1) is 11.3 Å². The number of aromatic carboxylic acids is 1. The van der Waals surface area contributed by atoms with Crippen molar-refractivity contribution in [2.24, 2.45) is 0 Å². The maximum atomic E-state index is 11.1. The van der Waals surface area contributed by atoms with Crippen molar-refractivity contribution in [1.29, 1.82) is 0 Å². The predicted molar refractivity (Wildman–Crippen MR) is 79.4 cm³/mol. The second-order valence-corrected chi connectivity index (χ2v) is 6.53. The summed E-state index contributed by atoms with van der Waals surface area (Å²) in [6.45, 7) is 6.68. The van der Waals surface area contributed by atoms with E-state index in [2.05, 4.69) is 29.8 Å². The van der Waals surface area contributed by atoms with E-state index in [9.17, 15) is 4.79 Å². The lowest BCUT2D eigenvalue weighted by Crippen LogP contribution is -2.29.